The molecule has 0 aliphatic carbocycles. The minimum atomic E-state index is -0.888. The molecule has 1 fully saturated rings. The second-order valence-electron chi connectivity index (χ2n) is 9.79. The Balaban J connectivity index is 2.01. The van der Waals surface area contributed by atoms with Crippen molar-refractivity contribution in [2.45, 2.75) is 46.1 Å². The van der Waals surface area contributed by atoms with Crippen LogP contribution >= 0.6 is 0 Å². The Kier molecular flexibility index (Phi) is 5.90. The van der Waals surface area contributed by atoms with E-state index in [2.05, 4.69) is 20.8 Å². The highest BCUT2D eigenvalue weighted by molar-refractivity contribution is 6.51. The first-order valence-electron chi connectivity index (χ1n) is 11.2. The Labute approximate surface area is 199 Å². The lowest BCUT2D eigenvalue weighted by atomic mass is 9.84. The zero-order valence-corrected chi connectivity index (χ0v) is 20.0. The molecule has 4 rings (SSSR count). The van der Waals surface area contributed by atoms with E-state index < -0.39 is 23.5 Å². The third kappa shape index (κ3) is 4.03. The number of benzene rings is 3. The number of aryl methyl sites for hydroxylation is 2. The standard InChI is InChI=1S/C29H28FNO3/c1-17-9-6-7-12-22(17)25-24(26(32)23-15-19(29(3,4)5)14-13-18(23)2)27(33)28(34)31(25)21-11-8-10-20(30)16-21/h6-16,25,32H,1-5H3/b26-24+. The second kappa shape index (κ2) is 8.56. The lowest BCUT2D eigenvalue weighted by Gasteiger charge is -2.27. The minimum Gasteiger partial charge on any atom is -0.507 e. The van der Waals surface area contributed by atoms with E-state index in [1.807, 2.05) is 56.3 Å². The van der Waals surface area contributed by atoms with Crippen LogP contribution in [0.2, 0.25) is 0 Å². The summed E-state index contributed by atoms with van der Waals surface area (Å²) in [4.78, 5) is 27.9. The molecular formula is C29H28FNO3. The van der Waals surface area contributed by atoms with Crippen LogP contribution in [-0.2, 0) is 15.0 Å². The summed E-state index contributed by atoms with van der Waals surface area (Å²) < 4.78 is 14.1. The Morgan fingerprint density at radius 1 is 0.912 bits per heavy atom. The van der Waals surface area contributed by atoms with Crippen molar-refractivity contribution in [2.24, 2.45) is 0 Å². The first-order valence-corrected chi connectivity index (χ1v) is 11.2. The van der Waals surface area contributed by atoms with Crippen LogP contribution in [0.15, 0.2) is 72.3 Å². The monoisotopic (exact) mass is 457 g/mol. The maximum absolute atomic E-state index is 14.1. The number of ketones is 1. The maximum Gasteiger partial charge on any atom is 0.300 e. The summed E-state index contributed by atoms with van der Waals surface area (Å²) in [6.07, 6.45) is 0. The number of hydrogen-bond acceptors (Lipinski definition) is 3. The summed E-state index contributed by atoms with van der Waals surface area (Å²) in [5.74, 6) is -2.34. The van der Waals surface area contributed by atoms with Crippen molar-refractivity contribution in [3.05, 3.63) is 106 Å². The fraction of sp³-hybridized carbons (Fsp3) is 0.241. The molecule has 1 amide bonds. The number of nitrogens with zero attached hydrogens (tertiary/aromatic N) is 1. The van der Waals surface area contributed by atoms with Crippen molar-refractivity contribution < 1.29 is 19.1 Å². The predicted molar refractivity (Wildman–Crippen MR) is 132 cm³/mol. The van der Waals surface area contributed by atoms with E-state index in [9.17, 15) is 19.1 Å². The first kappa shape index (κ1) is 23.4. The number of aliphatic hydroxyl groups excluding tert-OH is 1. The average molecular weight is 458 g/mol. The molecule has 0 saturated carbocycles. The van der Waals surface area contributed by atoms with Crippen molar-refractivity contribution in [2.75, 3.05) is 4.90 Å². The zero-order valence-electron chi connectivity index (χ0n) is 20.0. The number of carbonyl (C=O) groups is 2. The number of carbonyl (C=O) groups excluding carboxylic acids is 2. The van der Waals surface area contributed by atoms with Crippen molar-refractivity contribution >= 4 is 23.1 Å². The molecule has 4 nitrogen and oxygen atoms in total. The second-order valence-corrected chi connectivity index (χ2v) is 9.79. The van der Waals surface area contributed by atoms with Crippen LogP contribution < -0.4 is 4.90 Å². The van der Waals surface area contributed by atoms with Crippen molar-refractivity contribution in [3.63, 3.8) is 0 Å². The molecular weight excluding hydrogens is 429 g/mol. The minimum absolute atomic E-state index is 0.00211. The van der Waals surface area contributed by atoms with Gasteiger partial charge in [-0.1, -0.05) is 63.2 Å². The number of anilines is 1. The molecule has 5 heteroatoms. The number of Topliss-reactive ketones (excluding diaryl/α,β-unsaturated/α-hetero) is 1. The third-order valence-electron chi connectivity index (χ3n) is 6.37. The molecule has 1 saturated heterocycles. The van der Waals surface area contributed by atoms with Gasteiger partial charge in [-0.15, -0.1) is 0 Å². The molecule has 3 aromatic carbocycles. The van der Waals surface area contributed by atoms with Crippen molar-refractivity contribution in [1.29, 1.82) is 0 Å². The van der Waals surface area contributed by atoms with Gasteiger partial charge in [0, 0.05) is 11.3 Å². The molecule has 0 aromatic heterocycles. The van der Waals surface area contributed by atoms with Gasteiger partial charge in [-0.05, 0) is 65.8 Å². The van der Waals surface area contributed by atoms with Crippen LogP contribution in [0.4, 0.5) is 10.1 Å². The molecule has 0 bridgehead atoms. The summed E-state index contributed by atoms with van der Waals surface area (Å²) in [5, 5.41) is 11.5. The molecule has 0 spiro atoms. The molecule has 1 unspecified atom stereocenters. The maximum atomic E-state index is 14.1. The van der Waals surface area contributed by atoms with E-state index in [4.69, 9.17) is 0 Å². The van der Waals surface area contributed by atoms with Gasteiger partial charge in [-0.25, -0.2) is 4.39 Å². The fourth-order valence-electron chi connectivity index (χ4n) is 4.40. The van der Waals surface area contributed by atoms with Gasteiger partial charge in [0.2, 0.25) is 0 Å². The number of halogens is 1. The van der Waals surface area contributed by atoms with Gasteiger partial charge < -0.3 is 5.11 Å². The van der Waals surface area contributed by atoms with Gasteiger partial charge in [0.15, 0.2) is 0 Å². The van der Waals surface area contributed by atoms with Gasteiger partial charge in [-0.2, -0.15) is 0 Å². The molecule has 1 heterocycles. The highest BCUT2D eigenvalue weighted by Gasteiger charge is 2.47. The van der Waals surface area contributed by atoms with E-state index in [-0.39, 0.29) is 22.4 Å². The highest BCUT2D eigenvalue weighted by Crippen LogP contribution is 2.43. The van der Waals surface area contributed by atoms with E-state index in [1.165, 1.54) is 23.1 Å². The third-order valence-corrected chi connectivity index (χ3v) is 6.37. The van der Waals surface area contributed by atoms with Gasteiger partial charge in [-0.3, -0.25) is 14.5 Å². The lowest BCUT2D eigenvalue weighted by molar-refractivity contribution is -0.132. The Morgan fingerprint density at radius 3 is 2.26 bits per heavy atom. The molecule has 1 atom stereocenters. The molecule has 34 heavy (non-hydrogen) atoms. The van der Waals surface area contributed by atoms with Crippen LogP contribution in [0, 0.1) is 19.7 Å². The van der Waals surface area contributed by atoms with Gasteiger partial charge >= 0.3 is 0 Å². The number of rotatable bonds is 3. The van der Waals surface area contributed by atoms with Crippen molar-refractivity contribution in [3.8, 4) is 0 Å². The smallest absolute Gasteiger partial charge is 0.300 e. The molecule has 1 N–H and O–H groups in total. The summed E-state index contributed by atoms with van der Waals surface area (Å²) in [6.45, 7) is 9.94. The normalized spacial score (nSPS) is 17.9. The summed E-state index contributed by atoms with van der Waals surface area (Å²) in [5.41, 5.74) is 3.90. The first-order chi connectivity index (χ1) is 16.0. The number of hydrogen-bond donors (Lipinski definition) is 1. The Bertz CT molecular complexity index is 1330. The van der Waals surface area contributed by atoms with Crippen LogP contribution in [0.25, 0.3) is 5.76 Å². The van der Waals surface area contributed by atoms with Crippen LogP contribution in [-0.4, -0.2) is 16.8 Å². The lowest BCUT2D eigenvalue weighted by Crippen LogP contribution is -2.29. The highest BCUT2D eigenvalue weighted by atomic mass is 19.1. The van der Waals surface area contributed by atoms with E-state index in [0.717, 1.165) is 16.7 Å². The SMILES string of the molecule is Cc1ccc(C(C)(C)C)cc1/C(O)=C1\C(=O)C(=O)N(c2cccc(F)c2)C1c1ccccc1C. The zero-order chi connectivity index (χ0) is 24.8. The Hall–Kier alpha value is -3.73. The van der Waals surface area contributed by atoms with Crippen LogP contribution in [0.1, 0.15) is 54.6 Å². The molecule has 3 aromatic rings. The largest absolute Gasteiger partial charge is 0.507 e. The van der Waals surface area contributed by atoms with Crippen LogP contribution in [0.3, 0.4) is 0 Å². The quantitative estimate of drug-likeness (QED) is 0.283. The topological polar surface area (TPSA) is 57.6 Å². The van der Waals surface area contributed by atoms with Crippen molar-refractivity contribution in [1.82, 2.24) is 0 Å². The number of amides is 1. The van der Waals surface area contributed by atoms with Gasteiger partial charge in [0.05, 0.1) is 11.6 Å². The fourth-order valence-corrected chi connectivity index (χ4v) is 4.40. The Morgan fingerprint density at radius 2 is 1.62 bits per heavy atom. The summed E-state index contributed by atoms with van der Waals surface area (Å²) in [6, 6.07) is 17.9. The van der Waals surface area contributed by atoms with E-state index >= 15 is 0 Å². The molecule has 174 valence electrons. The summed E-state index contributed by atoms with van der Waals surface area (Å²) in [7, 11) is 0. The number of aliphatic hydroxyl groups is 1. The molecule has 1 aliphatic heterocycles. The molecule has 0 radical (unpaired) electrons. The predicted octanol–water partition coefficient (Wildman–Crippen LogP) is 6.37. The summed E-state index contributed by atoms with van der Waals surface area (Å²) >= 11 is 0. The molecule has 1 aliphatic rings. The average Bonchev–Trinajstić information content (AvgIpc) is 3.03. The van der Waals surface area contributed by atoms with Gasteiger partial charge in [0.1, 0.15) is 11.6 Å². The van der Waals surface area contributed by atoms with E-state index in [1.54, 1.807) is 6.07 Å². The van der Waals surface area contributed by atoms with Crippen LogP contribution in [0.5, 0.6) is 0 Å². The van der Waals surface area contributed by atoms with E-state index in [0.29, 0.717) is 11.1 Å². The van der Waals surface area contributed by atoms with Gasteiger partial charge in [0.25, 0.3) is 11.7 Å².